The van der Waals surface area contributed by atoms with Crippen molar-refractivity contribution in [2.45, 2.75) is 12.6 Å². The van der Waals surface area contributed by atoms with Crippen LogP contribution in [0, 0.1) is 0 Å². The fourth-order valence-corrected chi connectivity index (χ4v) is 2.98. The topological polar surface area (TPSA) is 81.1 Å². The zero-order valence-electron chi connectivity index (χ0n) is 14.9. The zero-order chi connectivity index (χ0) is 18.7. The predicted molar refractivity (Wildman–Crippen MR) is 99.7 cm³/mol. The summed E-state index contributed by atoms with van der Waals surface area (Å²) in [6.07, 6.45) is 7.31. The Morgan fingerprint density at radius 1 is 1.31 bits per heavy atom. The van der Waals surface area contributed by atoms with Crippen molar-refractivity contribution in [3.63, 3.8) is 0 Å². The first-order valence-corrected chi connectivity index (χ1v) is 8.91. The minimum atomic E-state index is -0.242. The van der Waals surface area contributed by atoms with Crippen LogP contribution in [-0.2, 0) is 13.6 Å². The van der Waals surface area contributed by atoms with Crippen LogP contribution in [-0.4, -0.2) is 51.0 Å². The SMILES string of the molecule is CN(C)C(CNC(=O)c1ccc(Cn2cc(Br)cn2)o1)c1cnn(C)c1. The van der Waals surface area contributed by atoms with Gasteiger partial charge in [-0.1, -0.05) is 0 Å². The van der Waals surface area contributed by atoms with Crippen molar-refractivity contribution in [2.75, 3.05) is 20.6 Å². The molecular weight excluding hydrogens is 400 g/mol. The first kappa shape index (κ1) is 18.4. The van der Waals surface area contributed by atoms with Gasteiger partial charge < -0.3 is 14.6 Å². The lowest BCUT2D eigenvalue weighted by Gasteiger charge is -2.23. The van der Waals surface area contributed by atoms with Crippen molar-refractivity contribution < 1.29 is 9.21 Å². The van der Waals surface area contributed by atoms with Gasteiger partial charge in [0.05, 0.1) is 29.5 Å². The predicted octanol–water partition coefficient (Wildman–Crippen LogP) is 2.05. The Kier molecular flexibility index (Phi) is 5.58. The summed E-state index contributed by atoms with van der Waals surface area (Å²) in [6.45, 7) is 0.925. The van der Waals surface area contributed by atoms with Crippen LogP contribution < -0.4 is 5.32 Å². The average molecular weight is 421 g/mol. The lowest BCUT2D eigenvalue weighted by Crippen LogP contribution is -2.34. The lowest BCUT2D eigenvalue weighted by molar-refractivity contribution is 0.0912. The second-order valence-electron chi connectivity index (χ2n) is 6.26. The summed E-state index contributed by atoms with van der Waals surface area (Å²) in [5.74, 6) is 0.714. The van der Waals surface area contributed by atoms with Gasteiger partial charge in [0, 0.05) is 31.5 Å². The smallest absolute Gasteiger partial charge is 0.287 e. The lowest BCUT2D eigenvalue weighted by atomic mass is 10.1. The van der Waals surface area contributed by atoms with E-state index in [0.717, 1.165) is 10.0 Å². The van der Waals surface area contributed by atoms with E-state index < -0.39 is 0 Å². The molecule has 1 amide bonds. The molecule has 8 nitrogen and oxygen atoms in total. The normalized spacial score (nSPS) is 12.5. The first-order chi connectivity index (χ1) is 12.4. The van der Waals surface area contributed by atoms with Crippen molar-refractivity contribution in [1.82, 2.24) is 29.8 Å². The van der Waals surface area contributed by atoms with Gasteiger partial charge in [0.2, 0.25) is 0 Å². The van der Waals surface area contributed by atoms with Crippen molar-refractivity contribution in [3.8, 4) is 0 Å². The summed E-state index contributed by atoms with van der Waals surface area (Å²) < 4.78 is 10.0. The van der Waals surface area contributed by atoms with Gasteiger partial charge in [0.15, 0.2) is 5.76 Å². The van der Waals surface area contributed by atoms with E-state index >= 15 is 0 Å². The molecule has 0 aromatic carbocycles. The van der Waals surface area contributed by atoms with Crippen LogP contribution in [0.15, 0.2) is 45.8 Å². The Hall–Kier alpha value is -2.39. The quantitative estimate of drug-likeness (QED) is 0.632. The van der Waals surface area contributed by atoms with Crippen molar-refractivity contribution >= 4 is 21.8 Å². The Morgan fingerprint density at radius 2 is 2.12 bits per heavy atom. The van der Waals surface area contributed by atoms with Crippen LogP contribution in [0.3, 0.4) is 0 Å². The number of likely N-dealkylation sites (N-methyl/N-ethyl adjacent to an activating group) is 1. The third-order valence-corrected chi connectivity index (χ3v) is 4.40. The van der Waals surface area contributed by atoms with Gasteiger partial charge in [-0.15, -0.1) is 0 Å². The van der Waals surface area contributed by atoms with Gasteiger partial charge in [-0.3, -0.25) is 14.2 Å². The van der Waals surface area contributed by atoms with Crippen molar-refractivity contribution in [3.05, 3.63) is 58.5 Å². The van der Waals surface area contributed by atoms with Crippen LogP contribution in [0.1, 0.15) is 27.9 Å². The molecular formula is C17H21BrN6O2. The second-order valence-corrected chi connectivity index (χ2v) is 7.17. The molecule has 0 aliphatic carbocycles. The largest absolute Gasteiger partial charge is 0.454 e. The van der Waals surface area contributed by atoms with E-state index in [0.29, 0.717) is 18.8 Å². The van der Waals surface area contributed by atoms with Gasteiger partial charge in [-0.05, 0) is 42.2 Å². The Labute approximate surface area is 159 Å². The number of nitrogens with one attached hydrogen (secondary N) is 1. The molecule has 9 heteroatoms. The number of amides is 1. The minimum absolute atomic E-state index is 0.0310. The highest BCUT2D eigenvalue weighted by atomic mass is 79.9. The number of carbonyl (C=O) groups excluding carboxylic acids is 1. The number of aryl methyl sites for hydroxylation is 1. The maximum absolute atomic E-state index is 12.4. The number of nitrogens with zero attached hydrogens (tertiary/aromatic N) is 5. The molecule has 0 radical (unpaired) electrons. The molecule has 3 rings (SSSR count). The van der Waals surface area contributed by atoms with Crippen molar-refractivity contribution in [2.24, 2.45) is 7.05 Å². The van der Waals surface area contributed by atoms with E-state index in [2.05, 4.69) is 31.4 Å². The third kappa shape index (κ3) is 4.41. The van der Waals surface area contributed by atoms with E-state index in [4.69, 9.17) is 4.42 Å². The molecule has 0 aliphatic heterocycles. The molecule has 138 valence electrons. The van der Waals surface area contributed by atoms with E-state index in [-0.39, 0.29) is 17.7 Å². The standard InChI is InChI=1S/C17H21BrN6O2/c1-22(2)15(12-6-20-23(3)9-12)8-19-17(25)16-5-4-14(26-16)11-24-10-13(18)7-21-24/h4-7,9-10,15H,8,11H2,1-3H3,(H,19,25). The molecule has 3 heterocycles. The maximum Gasteiger partial charge on any atom is 0.287 e. The first-order valence-electron chi connectivity index (χ1n) is 8.12. The molecule has 1 atom stereocenters. The summed E-state index contributed by atoms with van der Waals surface area (Å²) in [7, 11) is 5.81. The van der Waals surface area contributed by atoms with Gasteiger partial charge in [-0.25, -0.2) is 0 Å². The van der Waals surface area contributed by atoms with Crippen LogP contribution in [0.25, 0.3) is 0 Å². The van der Waals surface area contributed by atoms with Crippen LogP contribution in [0.4, 0.5) is 0 Å². The summed E-state index contributed by atoms with van der Waals surface area (Å²) in [6, 6.07) is 3.50. The van der Waals surface area contributed by atoms with E-state index in [1.807, 2.05) is 44.6 Å². The molecule has 0 spiro atoms. The molecule has 0 aliphatic rings. The summed E-state index contributed by atoms with van der Waals surface area (Å²) >= 11 is 3.35. The number of rotatable bonds is 7. The Balaban J connectivity index is 1.60. The molecule has 3 aromatic rings. The molecule has 0 fully saturated rings. The van der Waals surface area contributed by atoms with E-state index in [1.165, 1.54) is 0 Å². The molecule has 26 heavy (non-hydrogen) atoms. The van der Waals surface area contributed by atoms with Gasteiger partial charge in [0.25, 0.3) is 5.91 Å². The Morgan fingerprint density at radius 3 is 2.73 bits per heavy atom. The monoisotopic (exact) mass is 420 g/mol. The van der Waals surface area contributed by atoms with Crippen LogP contribution in [0.5, 0.6) is 0 Å². The highest BCUT2D eigenvalue weighted by Crippen LogP contribution is 2.17. The summed E-state index contributed by atoms with van der Waals surface area (Å²) in [5, 5.41) is 11.3. The van der Waals surface area contributed by atoms with Crippen LogP contribution in [0.2, 0.25) is 0 Å². The zero-order valence-corrected chi connectivity index (χ0v) is 16.5. The minimum Gasteiger partial charge on any atom is -0.454 e. The number of hydrogen-bond acceptors (Lipinski definition) is 5. The number of furan rings is 1. The average Bonchev–Trinajstić information content (AvgIpc) is 3.30. The molecule has 1 N–H and O–H groups in total. The summed E-state index contributed by atoms with van der Waals surface area (Å²) in [4.78, 5) is 14.4. The molecule has 0 bridgehead atoms. The van der Waals surface area contributed by atoms with Crippen LogP contribution >= 0.6 is 15.9 Å². The fraction of sp³-hybridized carbons (Fsp3) is 0.353. The second kappa shape index (κ2) is 7.88. The van der Waals surface area contributed by atoms with Gasteiger partial charge >= 0.3 is 0 Å². The molecule has 0 saturated carbocycles. The fourth-order valence-electron chi connectivity index (χ4n) is 2.66. The molecule has 0 saturated heterocycles. The Bertz CT molecular complexity index is 881. The van der Waals surface area contributed by atoms with Crippen molar-refractivity contribution in [1.29, 1.82) is 0 Å². The van der Waals surface area contributed by atoms with Gasteiger partial charge in [-0.2, -0.15) is 10.2 Å². The van der Waals surface area contributed by atoms with E-state index in [9.17, 15) is 4.79 Å². The number of carbonyl (C=O) groups is 1. The number of aromatic nitrogens is 4. The van der Waals surface area contributed by atoms with Gasteiger partial charge in [0.1, 0.15) is 5.76 Å². The summed E-state index contributed by atoms with van der Waals surface area (Å²) in [5.41, 5.74) is 1.04. The third-order valence-electron chi connectivity index (χ3n) is 3.99. The molecule has 1 unspecified atom stereocenters. The number of halogens is 1. The maximum atomic E-state index is 12.4. The van der Waals surface area contributed by atoms with E-state index in [1.54, 1.807) is 27.7 Å². The number of hydrogen-bond donors (Lipinski definition) is 1. The highest BCUT2D eigenvalue weighted by Gasteiger charge is 2.19. The molecule has 3 aromatic heterocycles. The highest BCUT2D eigenvalue weighted by molar-refractivity contribution is 9.10.